The number of aromatic nitrogens is 2. The summed E-state index contributed by atoms with van der Waals surface area (Å²) >= 11 is 12.8. The quantitative estimate of drug-likeness (QED) is 0.455. The lowest BCUT2D eigenvalue weighted by Crippen LogP contribution is -2.26. The Morgan fingerprint density at radius 2 is 1.97 bits per heavy atom. The molecule has 7 nitrogen and oxygen atoms in total. The van der Waals surface area contributed by atoms with Crippen molar-refractivity contribution in [3.63, 3.8) is 0 Å². The van der Waals surface area contributed by atoms with Crippen LogP contribution in [0.15, 0.2) is 44.9 Å². The van der Waals surface area contributed by atoms with Crippen molar-refractivity contribution in [2.45, 2.75) is 20.8 Å². The summed E-state index contributed by atoms with van der Waals surface area (Å²) < 4.78 is 2.49. The van der Waals surface area contributed by atoms with Gasteiger partial charge in [-0.15, -0.1) is 0 Å². The van der Waals surface area contributed by atoms with Crippen molar-refractivity contribution in [3.05, 3.63) is 61.3 Å². The first kappa shape index (κ1) is 23.2. The molecule has 2 aromatic rings. The molecule has 0 unspecified atom stereocenters. The van der Waals surface area contributed by atoms with Crippen molar-refractivity contribution in [2.24, 2.45) is 5.73 Å². The highest BCUT2D eigenvalue weighted by molar-refractivity contribution is 9.11. The van der Waals surface area contributed by atoms with Crippen LogP contribution < -0.4 is 16.4 Å². The molecule has 0 aliphatic rings. The summed E-state index contributed by atoms with van der Waals surface area (Å²) in [7, 11) is 0. The van der Waals surface area contributed by atoms with E-state index in [0.717, 1.165) is 0 Å². The van der Waals surface area contributed by atoms with Gasteiger partial charge < -0.3 is 16.4 Å². The molecule has 1 heterocycles. The van der Waals surface area contributed by atoms with E-state index in [1.165, 1.54) is 10.7 Å². The molecule has 0 spiro atoms. The largest absolute Gasteiger partial charge is 0.383 e. The molecule has 0 saturated heterocycles. The number of allylic oxidation sites excluding steroid dienone is 3. The summed E-state index contributed by atoms with van der Waals surface area (Å²) in [5, 5.41) is 9.71. The van der Waals surface area contributed by atoms with Crippen LogP contribution in [0.1, 0.15) is 41.6 Å². The third-order valence-electron chi connectivity index (χ3n) is 3.84. The highest BCUT2D eigenvalue weighted by Gasteiger charge is 2.22. The minimum absolute atomic E-state index is 0.116. The first-order valence-corrected chi connectivity index (χ1v) is 10.6. The predicted octanol–water partition coefficient (Wildman–Crippen LogP) is 4.79. The average Bonchev–Trinajstić information content (AvgIpc) is 3.05. The van der Waals surface area contributed by atoms with Crippen molar-refractivity contribution in [1.29, 1.82) is 0 Å². The molecule has 4 N–H and O–H groups in total. The fraction of sp³-hybridized carbons (Fsp3) is 0.211. The van der Waals surface area contributed by atoms with Crippen LogP contribution in [0.5, 0.6) is 0 Å². The van der Waals surface area contributed by atoms with Crippen LogP contribution in [-0.4, -0.2) is 28.1 Å². The Kier molecular flexibility index (Phi) is 8.06. The Labute approximate surface area is 190 Å². The lowest BCUT2D eigenvalue weighted by molar-refractivity contribution is 0.0956. The van der Waals surface area contributed by atoms with Crippen LogP contribution >= 0.6 is 43.5 Å². The van der Waals surface area contributed by atoms with Gasteiger partial charge in [-0.05, 0) is 54.4 Å². The van der Waals surface area contributed by atoms with E-state index < -0.39 is 5.91 Å². The zero-order valence-electron chi connectivity index (χ0n) is 16.0. The molecule has 0 aliphatic heterocycles. The van der Waals surface area contributed by atoms with E-state index in [0.29, 0.717) is 32.3 Å². The molecule has 0 radical (unpaired) electrons. The first-order valence-electron chi connectivity index (χ1n) is 8.63. The van der Waals surface area contributed by atoms with Crippen LogP contribution in [0.4, 0.5) is 5.69 Å². The summed E-state index contributed by atoms with van der Waals surface area (Å²) in [5.74, 6) is -0.576. The molecule has 0 aliphatic carbocycles. The smallest absolute Gasteiger partial charge is 0.274 e. The number of rotatable bonds is 6. The fourth-order valence-electron chi connectivity index (χ4n) is 2.51. The van der Waals surface area contributed by atoms with E-state index in [1.807, 2.05) is 19.9 Å². The second-order valence-electron chi connectivity index (χ2n) is 5.96. The maximum Gasteiger partial charge on any atom is 0.274 e. The summed E-state index contributed by atoms with van der Waals surface area (Å²) in [6, 6.07) is 4.76. The normalized spacial score (nSPS) is 12.1. The second kappa shape index (κ2) is 10.1. The van der Waals surface area contributed by atoms with Gasteiger partial charge in [-0.25, -0.2) is 4.68 Å². The first-order chi connectivity index (χ1) is 13.7. The summed E-state index contributed by atoms with van der Waals surface area (Å²) in [6.45, 7) is 5.91. The van der Waals surface area contributed by atoms with Gasteiger partial charge in [-0.3, -0.25) is 9.59 Å². The van der Waals surface area contributed by atoms with Crippen LogP contribution in [0.3, 0.4) is 0 Å². The molecule has 1 aromatic heterocycles. The standard InChI is InChI=1S/C19H20Br2ClN5O2/c1-4-6-10(3)17(23)27-14(9-15(22)26-27)19(29)25-16-12(18(28)24-5-2)7-11(20)8-13(16)21/h4,6-9H,5,23H2,1-3H3,(H,24,28)(H,25,29)/b6-4-,17-10+. The Bertz CT molecular complexity index is 1010. The van der Waals surface area contributed by atoms with Gasteiger partial charge in [0.1, 0.15) is 11.5 Å². The molecular weight excluding hydrogens is 526 g/mol. The van der Waals surface area contributed by atoms with Gasteiger partial charge in [-0.1, -0.05) is 39.7 Å². The summed E-state index contributed by atoms with van der Waals surface area (Å²) in [5.41, 5.74) is 7.62. The zero-order chi connectivity index (χ0) is 21.7. The molecule has 10 heteroatoms. The lowest BCUT2D eigenvalue weighted by atomic mass is 10.1. The van der Waals surface area contributed by atoms with E-state index in [1.54, 1.807) is 25.1 Å². The number of carbonyl (C=O) groups is 2. The molecule has 0 fully saturated rings. The number of nitrogens with one attached hydrogen (secondary N) is 2. The van der Waals surface area contributed by atoms with Crippen LogP contribution in [0, 0.1) is 0 Å². The summed E-state index contributed by atoms with van der Waals surface area (Å²) in [6.07, 6.45) is 3.62. The number of hydrogen-bond donors (Lipinski definition) is 3. The molecule has 0 saturated carbocycles. The zero-order valence-corrected chi connectivity index (χ0v) is 19.9. The number of amides is 2. The van der Waals surface area contributed by atoms with Crippen LogP contribution in [0.25, 0.3) is 5.82 Å². The van der Waals surface area contributed by atoms with Crippen LogP contribution in [0.2, 0.25) is 5.15 Å². The molecule has 2 amide bonds. The second-order valence-corrected chi connectivity index (χ2v) is 8.11. The third kappa shape index (κ3) is 5.49. The number of anilines is 1. The van der Waals surface area contributed by atoms with Crippen LogP contribution in [-0.2, 0) is 0 Å². The summed E-state index contributed by atoms with van der Waals surface area (Å²) in [4.78, 5) is 25.5. The van der Waals surface area contributed by atoms with Gasteiger partial charge in [0.05, 0.1) is 11.3 Å². The number of hydrogen-bond acceptors (Lipinski definition) is 4. The minimum atomic E-state index is -0.519. The topological polar surface area (TPSA) is 102 Å². The van der Waals surface area contributed by atoms with Crippen molar-refractivity contribution >= 4 is 66.8 Å². The number of nitrogens with zero attached hydrogens (tertiary/aromatic N) is 2. The molecular formula is C19H20Br2ClN5O2. The molecule has 0 bridgehead atoms. The van der Waals surface area contributed by atoms with Crippen molar-refractivity contribution in [2.75, 3.05) is 11.9 Å². The van der Waals surface area contributed by atoms with Gasteiger partial charge in [0, 0.05) is 21.6 Å². The van der Waals surface area contributed by atoms with Crippen molar-refractivity contribution in [1.82, 2.24) is 15.1 Å². The Balaban J connectivity index is 2.50. The predicted molar refractivity (Wildman–Crippen MR) is 123 cm³/mol. The Morgan fingerprint density at radius 3 is 2.59 bits per heavy atom. The van der Waals surface area contributed by atoms with E-state index >= 15 is 0 Å². The van der Waals surface area contributed by atoms with E-state index in [4.69, 9.17) is 17.3 Å². The van der Waals surface area contributed by atoms with Gasteiger partial charge in [0.2, 0.25) is 0 Å². The molecule has 154 valence electrons. The van der Waals surface area contributed by atoms with E-state index in [2.05, 4.69) is 47.6 Å². The number of benzene rings is 1. The number of carbonyl (C=O) groups excluding carboxylic acids is 2. The Hall–Kier alpha value is -2.10. The molecule has 29 heavy (non-hydrogen) atoms. The van der Waals surface area contributed by atoms with Crippen molar-refractivity contribution in [3.8, 4) is 0 Å². The molecule has 1 aromatic carbocycles. The monoisotopic (exact) mass is 543 g/mol. The highest BCUT2D eigenvalue weighted by atomic mass is 79.9. The third-order valence-corrected chi connectivity index (χ3v) is 5.10. The van der Waals surface area contributed by atoms with E-state index in [-0.39, 0.29) is 22.6 Å². The minimum Gasteiger partial charge on any atom is -0.383 e. The lowest BCUT2D eigenvalue weighted by Gasteiger charge is -2.15. The Morgan fingerprint density at radius 1 is 1.28 bits per heavy atom. The maximum absolute atomic E-state index is 13.0. The van der Waals surface area contributed by atoms with Gasteiger partial charge in [0.15, 0.2) is 5.15 Å². The highest BCUT2D eigenvalue weighted by Crippen LogP contribution is 2.31. The van der Waals surface area contributed by atoms with Gasteiger partial charge in [0.25, 0.3) is 11.8 Å². The average molecular weight is 546 g/mol. The fourth-order valence-corrected chi connectivity index (χ4v) is 4.02. The number of halogens is 3. The van der Waals surface area contributed by atoms with Gasteiger partial charge in [-0.2, -0.15) is 5.10 Å². The molecule has 2 rings (SSSR count). The SMILES string of the molecule is C/C=C\C(C)=C(/N)n1nc(Cl)cc1C(=O)Nc1c(Br)cc(Br)cc1C(=O)NCC. The number of nitrogens with two attached hydrogens (primary N) is 1. The van der Waals surface area contributed by atoms with E-state index in [9.17, 15) is 9.59 Å². The molecule has 0 atom stereocenters. The van der Waals surface area contributed by atoms with Gasteiger partial charge >= 0.3 is 0 Å². The maximum atomic E-state index is 13.0. The van der Waals surface area contributed by atoms with Crippen molar-refractivity contribution < 1.29 is 9.59 Å².